The Bertz CT molecular complexity index is 676. The molecular weight excluding hydrogens is 279 g/mol. The smallest absolute Gasteiger partial charge is 0.124 e. The Morgan fingerprint density at radius 3 is 2.89 bits per heavy atom. The molecule has 1 aromatic carbocycles. The highest BCUT2D eigenvalue weighted by Crippen LogP contribution is 2.31. The van der Waals surface area contributed by atoms with Crippen LogP contribution >= 0.6 is 22.7 Å². The molecule has 2 nitrogen and oxygen atoms in total. The third-order valence-electron chi connectivity index (χ3n) is 3.07. The third kappa shape index (κ3) is 2.69. The second-order valence-electron chi connectivity index (χ2n) is 4.39. The SMILES string of the molecule is NNC(Cc1ccsc1)c1cc2ccc(F)cc2s1. The number of halogens is 1. The van der Waals surface area contributed by atoms with Crippen LogP contribution in [0.15, 0.2) is 41.1 Å². The minimum atomic E-state index is -0.198. The molecule has 19 heavy (non-hydrogen) atoms. The van der Waals surface area contributed by atoms with Crippen molar-refractivity contribution in [3.63, 3.8) is 0 Å². The molecule has 0 bridgehead atoms. The molecule has 3 rings (SSSR count). The molecule has 3 aromatic rings. The third-order valence-corrected chi connectivity index (χ3v) is 5.01. The highest BCUT2D eigenvalue weighted by atomic mass is 32.1. The fourth-order valence-electron chi connectivity index (χ4n) is 2.08. The Labute approximate surface area is 118 Å². The number of nitrogens with one attached hydrogen (secondary N) is 1. The Balaban J connectivity index is 1.92. The molecule has 98 valence electrons. The molecule has 2 aromatic heterocycles. The van der Waals surface area contributed by atoms with Gasteiger partial charge in [0.25, 0.3) is 0 Å². The predicted molar refractivity (Wildman–Crippen MR) is 79.9 cm³/mol. The van der Waals surface area contributed by atoms with E-state index in [1.807, 2.05) is 6.07 Å². The van der Waals surface area contributed by atoms with Gasteiger partial charge in [0.05, 0.1) is 6.04 Å². The van der Waals surface area contributed by atoms with E-state index in [0.29, 0.717) is 0 Å². The van der Waals surface area contributed by atoms with Gasteiger partial charge in [-0.25, -0.2) is 4.39 Å². The van der Waals surface area contributed by atoms with E-state index >= 15 is 0 Å². The van der Waals surface area contributed by atoms with E-state index in [9.17, 15) is 4.39 Å². The van der Waals surface area contributed by atoms with E-state index in [1.165, 1.54) is 11.6 Å². The van der Waals surface area contributed by atoms with E-state index in [1.54, 1.807) is 28.7 Å². The summed E-state index contributed by atoms with van der Waals surface area (Å²) in [5.41, 5.74) is 4.11. The number of hydrogen-bond donors (Lipinski definition) is 2. The van der Waals surface area contributed by atoms with Gasteiger partial charge in [-0.05, 0) is 52.4 Å². The van der Waals surface area contributed by atoms with Crippen LogP contribution in [0, 0.1) is 5.82 Å². The standard InChI is InChI=1S/C14H13FN2S2/c15-11-2-1-10-6-14(19-13(10)7-11)12(17-16)5-9-3-4-18-8-9/h1-4,6-8,12,17H,5,16H2. The minimum absolute atomic E-state index is 0.0649. The van der Waals surface area contributed by atoms with Crippen molar-refractivity contribution in [1.29, 1.82) is 0 Å². The zero-order valence-corrected chi connectivity index (χ0v) is 11.7. The topological polar surface area (TPSA) is 38.0 Å². The lowest BCUT2D eigenvalue weighted by Crippen LogP contribution is -2.28. The summed E-state index contributed by atoms with van der Waals surface area (Å²) in [5.74, 6) is 5.46. The maximum Gasteiger partial charge on any atom is 0.124 e. The van der Waals surface area contributed by atoms with Gasteiger partial charge >= 0.3 is 0 Å². The van der Waals surface area contributed by atoms with Gasteiger partial charge in [-0.1, -0.05) is 6.07 Å². The van der Waals surface area contributed by atoms with Crippen LogP contribution in [0.2, 0.25) is 0 Å². The van der Waals surface area contributed by atoms with E-state index in [0.717, 1.165) is 21.4 Å². The lowest BCUT2D eigenvalue weighted by atomic mass is 10.1. The first kappa shape index (κ1) is 12.7. The lowest BCUT2D eigenvalue weighted by molar-refractivity contribution is 0.561. The predicted octanol–water partition coefficient (Wildman–Crippen LogP) is 3.85. The van der Waals surface area contributed by atoms with Gasteiger partial charge in [0, 0.05) is 9.58 Å². The molecule has 0 fully saturated rings. The molecule has 0 amide bonds. The normalized spacial score (nSPS) is 12.9. The molecule has 1 atom stereocenters. The molecule has 0 radical (unpaired) electrons. The van der Waals surface area contributed by atoms with E-state index in [4.69, 9.17) is 5.84 Å². The molecule has 0 aliphatic heterocycles. The molecule has 0 saturated heterocycles. The Morgan fingerprint density at radius 2 is 2.16 bits per heavy atom. The zero-order valence-electron chi connectivity index (χ0n) is 10.1. The van der Waals surface area contributed by atoms with Crippen LogP contribution in [0.25, 0.3) is 10.1 Å². The summed E-state index contributed by atoms with van der Waals surface area (Å²) >= 11 is 3.27. The van der Waals surface area contributed by atoms with Crippen LogP contribution in [-0.2, 0) is 6.42 Å². The first-order valence-electron chi connectivity index (χ1n) is 5.92. The first-order chi connectivity index (χ1) is 9.26. The first-order valence-corrected chi connectivity index (χ1v) is 7.68. The number of thiophene rings is 2. The van der Waals surface area contributed by atoms with Crippen molar-refractivity contribution >= 4 is 32.8 Å². The van der Waals surface area contributed by atoms with Crippen LogP contribution in [0.5, 0.6) is 0 Å². The second-order valence-corrected chi connectivity index (χ2v) is 6.28. The van der Waals surface area contributed by atoms with Gasteiger partial charge in [0.15, 0.2) is 0 Å². The molecule has 2 heterocycles. The van der Waals surface area contributed by atoms with Gasteiger partial charge in [0.1, 0.15) is 5.82 Å². The molecule has 0 spiro atoms. The van der Waals surface area contributed by atoms with Crippen molar-refractivity contribution in [2.75, 3.05) is 0 Å². The van der Waals surface area contributed by atoms with Crippen molar-refractivity contribution < 1.29 is 4.39 Å². The van der Waals surface area contributed by atoms with Crippen LogP contribution in [0.1, 0.15) is 16.5 Å². The average Bonchev–Trinajstić information content (AvgIpc) is 3.03. The number of hydrazine groups is 1. The second kappa shape index (κ2) is 5.38. The Hall–Kier alpha value is -1.27. The quantitative estimate of drug-likeness (QED) is 0.566. The Kier molecular flexibility index (Phi) is 3.61. The van der Waals surface area contributed by atoms with Crippen LogP contribution in [0.4, 0.5) is 4.39 Å². The fourth-order valence-corrected chi connectivity index (χ4v) is 3.91. The van der Waals surface area contributed by atoms with Crippen LogP contribution in [-0.4, -0.2) is 0 Å². The van der Waals surface area contributed by atoms with Gasteiger partial charge in [0.2, 0.25) is 0 Å². The highest BCUT2D eigenvalue weighted by Gasteiger charge is 2.14. The van der Waals surface area contributed by atoms with Gasteiger partial charge < -0.3 is 0 Å². The van der Waals surface area contributed by atoms with Crippen LogP contribution < -0.4 is 11.3 Å². The van der Waals surface area contributed by atoms with Gasteiger partial charge in [-0.15, -0.1) is 11.3 Å². The van der Waals surface area contributed by atoms with Crippen molar-refractivity contribution in [1.82, 2.24) is 5.43 Å². The number of nitrogens with two attached hydrogens (primary N) is 1. The molecule has 1 unspecified atom stereocenters. The summed E-state index contributed by atoms with van der Waals surface area (Å²) in [6.45, 7) is 0. The summed E-state index contributed by atoms with van der Waals surface area (Å²) in [4.78, 5) is 1.13. The molecule has 0 aliphatic carbocycles. The summed E-state index contributed by atoms with van der Waals surface area (Å²) in [5, 5.41) is 5.24. The van der Waals surface area contributed by atoms with Gasteiger partial charge in [-0.3, -0.25) is 11.3 Å². The Morgan fingerprint density at radius 1 is 1.26 bits per heavy atom. The van der Waals surface area contributed by atoms with Crippen molar-refractivity contribution in [3.8, 4) is 0 Å². The summed E-state index contributed by atoms with van der Waals surface area (Å²) in [6, 6.07) is 9.11. The lowest BCUT2D eigenvalue weighted by Gasteiger charge is -2.12. The minimum Gasteiger partial charge on any atom is -0.271 e. The largest absolute Gasteiger partial charge is 0.271 e. The van der Waals surface area contributed by atoms with Crippen molar-refractivity contribution in [3.05, 3.63) is 57.3 Å². The van der Waals surface area contributed by atoms with E-state index in [2.05, 4.69) is 28.3 Å². The molecule has 0 saturated carbocycles. The number of benzene rings is 1. The average molecular weight is 292 g/mol. The molecular formula is C14H13FN2S2. The number of fused-ring (bicyclic) bond motifs is 1. The summed E-state index contributed by atoms with van der Waals surface area (Å²) in [6.07, 6.45) is 0.843. The van der Waals surface area contributed by atoms with Gasteiger partial charge in [-0.2, -0.15) is 11.3 Å². The maximum absolute atomic E-state index is 13.2. The van der Waals surface area contributed by atoms with Crippen LogP contribution in [0.3, 0.4) is 0 Å². The van der Waals surface area contributed by atoms with E-state index < -0.39 is 0 Å². The highest BCUT2D eigenvalue weighted by molar-refractivity contribution is 7.19. The maximum atomic E-state index is 13.2. The molecule has 3 N–H and O–H groups in total. The monoisotopic (exact) mass is 292 g/mol. The zero-order chi connectivity index (χ0) is 13.2. The molecule has 5 heteroatoms. The fraction of sp³-hybridized carbons (Fsp3) is 0.143. The molecule has 0 aliphatic rings. The van der Waals surface area contributed by atoms with Crippen molar-refractivity contribution in [2.24, 2.45) is 5.84 Å². The van der Waals surface area contributed by atoms with E-state index in [-0.39, 0.29) is 11.9 Å². The summed E-state index contributed by atoms with van der Waals surface area (Å²) in [7, 11) is 0. The van der Waals surface area contributed by atoms with Crippen molar-refractivity contribution in [2.45, 2.75) is 12.5 Å². The summed E-state index contributed by atoms with van der Waals surface area (Å²) < 4.78 is 14.2. The number of rotatable bonds is 4. The number of hydrogen-bond acceptors (Lipinski definition) is 4.